The van der Waals surface area contributed by atoms with Gasteiger partial charge < -0.3 is 5.32 Å². The number of aryl methyl sites for hydroxylation is 1. The molecule has 17 heavy (non-hydrogen) atoms. The van der Waals surface area contributed by atoms with Crippen LogP contribution in [0.2, 0.25) is 0 Å². The zero-order valence-corrected chi connectivity index (χ0v) is 11.3. The van der Waals surface area contributed by atoms with E-state index in [9.17, 15) is 8.42 Å². The molecule has 7 nitrogen and oxygen atoms in total. The van der Waals surface area contributed by atoms with Crippen LogP contribution in [0.25, 0.3) is 0 Å². The fourth-order valence-corrected chi connectivity index (χ4v) is 3.48. The molecule has 1 saturated heterocycles. The summed E-state index contributed by atoms with van der Waals surface area (Å²) in [7, 11) is -1.89. The van der Waals surface area contributed by atoms with Gasteiger partial charge in [0.2, 0.25) is 0 Å². The van der Waals surface area contributed by atoms with Crippen LogP contribution in [0.5, 0.6) is 0 Å². The number of piperazine rings is 1. The summed E-state index contributed by atoms with van der Waals surface area (Å²) in [5.41, 5.74) is 0. The van der Waals surface area contributed by atoms with Crippen LogP contribution in [0, 0.1) is 0 Å². The lowest BCUT2D eigenvalue weighted by atomic mass is 10.3. The lowest BCUT2D eigenvalue weighted by Gasteiger charge is -2.32. The molecule has 1 N–H and O–H groups in total. The van der Waals surface area contributed by atoms with Gasteiger partial charge in [0.25, 0.3) is 10.0 Å². The third-order valence-corrected chi connectivity index (χ3v) is 4.74. The Morgan fingerprint density at radius 2 is 2.24 bits per heavy atom. The van der Waals surface area contributed by atoms with Crippen molar-refractivity contribution < 1.29 is 8.42 Å². The number of halogens is 1. The van der Waals surface area contributed by atoms with Gasteiger partial charge in [0.1, 0.15) is 0 Å². The molecule has 1 aliphatic rings. The largest absolute Gasteiger partial charge is 0.314 e. The van der Waals surface area contributed by atoms with Gasteiger partial charge in [0.15, 0.2) is 5.03 Å². The van der Waals surface area contributed by atoms with E-state index in [0.717, 1.165) is 0 Å². The standard InChI is InChI=1S/C8H15N5O2S.ClH/c1-7-5-9-3-4-13(7)16(14,15)8-6-10-11-12(8)2;/h6-7,9H,3-5H2,1-2H3;1H/t7-;/m1./s1. The van der Waals surface area contributed by atoms with Crippen molar-refractivity contribution in [2.24, 2.45) is 7.05 Å². The van der Waals surface area contributed by atoms with E-state index in [4.69, 9.17) is 0 Å². The Labute approximate surface area is 107 Å². The Balaban J connectivity index is 0.00000144. The quantitative estimate of drug-likeness (QED) is 0.769. The van der Waals surface area contributed by atoms with Crippen LogP contribution in [0.1, 0.15) is 6.92 Å². The normalized spacial score (nSPS) is 22.1. The lowest BCUT2D eigenvalue weighted by molar-refractivity contribution is 0.282. The molecule has 0 saturated carbocycles. The molecule has 0 aliphatic carbocycles. The van der Waals surface area contributed by atoms with E-state index in [1.54, 1.807) is 7.05 Å². The summed E-state index contributed by atoms with van der Waals surface area (Å²) < 4.78 is 27.3. The fourth-order valence-electron chi connectivity index (χ4n) is 1.81. The maximum absolute atomic E-state index is 12.3. The molecule has 0 radical (unpaired) electrons. The minimum Gasteiger partial charge on any atom is -0.314 e. The minimum atomic E-state index is -3.47. The molecule has 0 unspecified atom stereocenters. The number of nitrogens with one attached hydrogen (secondary N) is 1. The Morgan fingerprint density at radius 3 is 2.76 bits per heavy atom. The van der Waals surface area contributed by atoms with Gasteiger partial charge in [-0.3, -0.25) is 0 Å². The molecule has 0 spiro atoms. The topological polar surface area (TPSA) is 80.1 Å². The average Bonchev–Trinajstić information content (AvgIpc) is 2.65. The van der Waals surface area contributed by atoms with E-state index < -0.39 is 10.0 Å². The summed E-state index contributed by atoms with van der Waals surface area (Å²) in [4.78, 5) is 0. The Morgan fingerprint density at radius 1 is 1.53 bits per heavy atom. The van der Waals surface area contributed by atoms with Crippen molar-refractivity contribution in [3.63, 3.8) is 0 Å². The summed E-state index contributed by atoms with van der Waals surface area (Å²) in [6, 6.07) is -0.0475. The number of sulfonamides is 1. The van der Waals surface area contributed by atoms with Crippen molar-refractivity contribution >= 4 is 22.4 Å². The average molecular weight is 282 g/mol. The SMILES string of the molecule is C[C@@H]1CNCCN1S(=O)(=O)c1cnnn1C.Cl. The highest BCUT2D eigenvalue weighted by molar-refractivity contribution is 7.89. The minimum absolute atomic E-state index is 0. The van der Waals surface area contributed by atoms with Crippen molar-refractivity contribution in [1.29, 1.82) is 0 Å². The molecule has 1 aromatic heterocycles. The third kappa shape index (κ3) is 2.59. The van der Waals surface area contributed by atoms with Crippen molar-refractivity contribution in [3.05, 3.63) is 6.20 Å². The zero-order chi connectivity index (χ0) is 11.8. The molecule has 0 bridgehead atoms. The summed E-state index contributed by atoms with van der Waals surface area (Å²) in [6.45, 7) is 3.71. The van der Waals surface area contributed by atoms with Crippen molar-refractivity contribution in [3.8, 4) is 0 Å². The predicted molar refractivity (Wildman–Crippen MR) is 64.5 cm³/mol. The molecule has 9 heteroatoms. The lowest BCUT2D eigenvalue weighted by Crippen LogP contribution is -2.52. The number of nitrogens with zero attached hydrogens (tertiary/aromatic N) is 4. The number of hydrogen-bond acceptors (Lipinski definition) is 5. The summed E-state index contributed by atoms with van der Waals surface area (Å²) in [5.74, 6) is 0. The third-order valence-electron chi connectivity index (χ3n) is 2.69. The first-order valence-corrected chi connectivity index (χ1v) is 6.54. The predicted octanol–water partition coefficient (Wildman–Crippen LogP) is -0.781. The van der Waals surface area contributed by atoms with Crippen molar-refractivity contribution in [1.82, 2.24) is 24.6 Å². The van der Waals surface area contributed by atoms with Gasteiger partial charge in [-0.15, -0.1) is 17.5 Å². The van der Waals surface area contributed by atoms with Crippen molar-refractivity contribution in [2.45, 2.75) is 18.0 Å². The second-order valence-electron chi connectivity index (χ2n) is 3.86. The van der Waals surface area contributed by atoms with Crippen molar-refractivity contribution in [2.75, 3.05) is 19.6 Å². The van der Waals surface area contributed by atoms with Crippen LogP contribution in [0.3, 0.4) is 0 Å². The molecular formula is C8H16ClN5O2S. The highest BCUT2D eigenvalue weighted by Crippen LogP contribution is 2.17. The monoisotopic (exact) mass is 281 g/mol. The van der Waals surface area contributed by atoms with Gasteiger partial charge >= 0.3 is 0 Å². The van der Waals surface area contributed by atoms with Crippen LogP contribution in [-0.2, 0) is 17.1 Å². The van der Waals surface area contributed by atoms with Gasteiger partial charge in [-0.2, -0.15) is 4.31 Å². The molecule has 0 amide bonds. The Hall–Kier alpha value is -0.700. The first-order chi connectivity index (χ1) is 7.53. The van der Waals surface area contributed by atoms with Gasteiger partial charge in [-0.05, 0) is 6.92 Å². The van der Waals surface area contributed by atoms with Gasteiger partial charge in [0, 0.05) is 32.7 Å². The molecule has 0 aromatic carbocycles. The summed E-state index contributed by atoms with van der Waals surface area (Å²) in [6.07, 6.45) is 1.28. The van der Waals surface area contributed by atoms with E-state index in [0.29, 0.717) is 19.6 Å². The Bertz CT molecular complexity index is 474. The number of aromatic nitrogens is 3. The van der Waals surface area contributed by atoms with Gasteiger partial charge in [0.05, 0.1) is 6.20 Å². The zero-order valence-electron chi connectivity index (χ0n) is 9.70. The maximum atomic E-state index is 12.3. The van der Waals surface area contributed by atoms with E-state index >= 15 is 0 Å². The highest BCUT2D eigenvalue weighted by Gasteiger charge is 2.33. The molecular weight excluding hydrogens is 266 g/mol. The fraction of sp³-hybridized carbons (Fsp3) is 0.750. The first kappa shape index (κ1) is 14.4. The summed E-state index contributed by atoms with van der Waals surface area (Å²) in [5, 5.41) is 10.5. The van der Waals surface area contributed by atoms with Gasteiger partial charge in [-0.25, -0.2) is 13.1 Å². The molecule has 1 fully saturated rings. The second kappa shape index (κ2) is 5.30. The smallest absolute Gasteiger partial charge is 0.262 e. The van der Waals surface area contributed by atoms with E-state index in [1.807, 2.05) is 6.92 Å². The molecule has 1 aromatic rings. The molecule has 2 rings (SSSR count). The molecule has 98 valence electrons. The van der Waals surface area contributed by atoms with E-state index in [2.05, 4.69) is 15.6 Å². The van der Waals surface area contributed by atoms with Crippen LogP contribution < -0.4 is 5.32 Å². The first-order valence-electron chi connectivity index (χ1n) is 5.10. The molecule has 2 heterocycles. The van der Waals surface area contributed by atoms with Crippen LogP contribution >= 0.6 is 12.4 Å². The maximum Gasteiger partial charge on any atom is 0.262 e. The molecule has 1 aliphatic heterocycles. The van der Waals surface area contributed by atoms with Gasteiger partial charge in [-0.1, -0.05) is 5.21 Å². The summed E-state index contributed by atoms with van der Waals surface area (Å²) >= 11 is 0. The molecule has 1 atom stereocenters. The van der Waals surface area contributed by atoms with E-state index in [1.165, 1.54) is 15.2 Å². The van der Waals surface area contributed by atoms with E-state index in [-0.39, 0.29) is 23.5 Å². The highest BCUT2D eigenvalue weighted by atomic mass is 35.5. The second-order valence-corrected chi connectivity index (χ2v) is 5.70. The van der Waals surface area contributed by atoms with Crippen LogP contribution in [0.4, 0.5) is 0 Å². The van der Waals surface area contributed by atoms with Crippen LogP contribution in [0.15, 0.2) is 11.2 Å². The Kier molecular flexibility index (Phi) is 4.48. The number of hydrogen-bond donors (Lipinski definition) is 1. The number of rotatable bonds is 2. The van der Waals surface area contributed by atoms with Crippen LogP contribution in [-0.4, -0.2) is 53.4 Å².